The highest BCUT2D eigenvalue weighted by molar-refractivity contribution is 6.30. The largest absolute Gasteiger partial charge is 0.336 e. The van der Waals surface area contributed by atoms with Crippen LogP contribution in [0.1, 0.15) is 38.2 Å². The number of carbonyl (C=O) groups excluding carboxylic acids is 1. The van der Waals surface area contributed by atoms with Crippen molar-refractivity contribution in [3.8, 4) is 0 Å². The molecule has 1 amide bonds. The molecule has 2 nitrogen and oxygen atoms in total. The van der Waals surface area contributed by atoms with E-state index in [1.165, 1.54) is 6.42 Å². The van der Waals surface area contributed by atoms with Crippen molar-refractivity contribution in [1.29, 1.82) is 0 Å². The summed E-state index contributed by atoms with van der Waals surface area (Å²) in [4.78, 5) is 14.2. The molecule has 0 aliphatic carbocycles. The number of likely N-dealkylation sites (tertiary alicyclic amines) is 1. The molecule has 1 aromatic rings. The fraction of sp³-hybridized carbons (Fsp3) is 0.438. The minimum atomic E-state index is 0.117. The first-order valence-electron chi connectivity index (χ1n) is 6.95. The lowest BCUT2D eigenvalue weighted by molar-refractivity contribution is -0.129. The van der Waals surface area contributed by atoms with Gasteiger partial charge in [0, 0.05) is 23.7 Å². The normalized spacial score (nSPS) is 19.9. The van der Waals surface area contributed by atoms with Gasteiger partial charge in [-0.15, -0.1) is 0 Å². The first kappa shape index (κ1) is 14.1. The molecule has 0 bridgehead atoms. The Morgan fingerprint density at radius 2 is 2.32 bits per heavy atom. The number of benzene rings is 1. The molecule has 0 aromatic heterocycles. The maximum Gasteiger partial charge on any atom is 0.246 e. The monoisotopic (exact) mass is 277 g/mol. The minimum absolute atomic E-state index is 0.117. The third-order valence-corrected chi connectivity index (χ3v) is 3.88. The van der Waals surface area contributed by atoms with Gasteiger partial charge in [-0.1, -0.05) is 30.7 Å². The second-order valence-corrected chi connectivity index (χ2v) is 5.41. The lowest BCUT2D eigenvalue weighted by atomic mass is 10.00. The zero-order chi connectivity index (χ0) is 13.7. The highest BCUT2D eigenvalue weighted by atomic mass is 35.5. The van der Waals surface area contributed by atoms with E-state index in [9.17, 15) is 4.79 Å². The summed E-state index contributed by atoms with van der Waals surface area (Å²) in [7, 11) is 0. The van der Waals surface area contributed by atoms with Gasteiger partial charge in [0.05, 0.1) is 0 Å². The van der Waals surface area contributed by atoms with E-state index in [4.69, 9.17) is 11.6 Å². The molecule has 19 heavy (non-hydrogen) atoms. The maximum absolute atomic E-state index is 12.2. The molecule has 1 fully saturated rings. The quantitative estimate of drug-likeness (QED) is 0.760. The van der Waals surface area contributed by atoms with Gasteiger partial charge in [-0.3, -0.25) is 4.79 Å². The van der Waals surface area contributed by atoms with Crippen LogP contribution < -0.4 is 0 Å². The Morgan fingerprint density at radius 3 is 3.05 bits per heavy atom. The van der Waals surface area contributed by atoms with Crippen molar-refractivity contribution in [2.75, 3.05) is 6.54 Å². The predicted octanol–water partition coefficient (Wildman–Crippen LogP) is 4.14. The Labute approximate surface area is 120 Å². The molecule has 1 atom stereocenters. The summed E-state index contributed by atoms with van der Waals surface area (Å²) in [5.74, 6) is 0.117. The third-order valence-electron chi connectivity index (χ3n) is 3.65. The van der Waals surface area contributed by atoms with E-state index in [0.29, 0.717) is 11.1 Å². The van der Waals surface area contributed by atoms with Crippen LogP contribution in [0.15, 0.2) is 30.3 Å². The van der Waals surface area contributed by atoms with Crippen molar-refractivity contribution in [3.63, 3.8) is 0 Å². The van der Waals surface area contributed by atoms with E-state index < -0.39 is 0 Å². The molecule has 1 aromatic carbocycles. The van der Waals surface area contributed by atoms with Crippen LogP contribution in [0.25, 0.3) is 6.08 Å². The fourth-order valence-electron chi connectivity index (χ4n) is 2.59. The van der Waals surface area contributed by atoms with Gasteiger partial charge in [-0.2, -0.15) is 0 Å². The van der Waals surface area contributed by atoms with Gasteiger partial charge in [0.1, 0.15) is 0 Å². The Balaban J connectivity index is 2.03. The van der Waals surface area contributed by atoms with Crippen molar-refractivity contribution in [1.82, 2.24) is 4.90 Å². The average molecular weight is 278 g/mol. The lowest BCUT2D eigenvalue weighted by Gasteiger charge is -2.34. The number of carbonyl (C=O) groups is 1. The molecular formula is C16H20ClNO. The van der Waals surface area contributed by atoms with Gasteiger partial charge in [0.25, 0.3) is 0 Å². The van der Waals surface area contributed by atoms with E-state index in [2.05, 4.69) is 6.92 Å². The molecular weight excluding hydrogens is 258 g/mol. The Morgan fingerprint density at radius 1 is 1.47 bits per heavy atom. The first-order chi connectivity index (χ1) is 9.20. The fourth-order valence-corrected chi connectivity index (χ4v) is 2.79. The molecule has 1 aliphatic heterocycles. The maximum atomic E-state index is 12.2. The summed E-state index contributed by atoms with van der Waals surface area (Å²) in [6.07, 6.45) is 8.03. The second-order valence-electron chi connectivity index (χ2n) is 4.98. The van der Waals surface area contributed by atoms with Gasteiger partial charge in [-0.25, -0.2) is 0 Å². The summed E-state index contributed by atoms with van der Waals surface area (Å²) >= 11 is 5.93. The van der Waals surface area contributed by atoms with Crippen LogP contribution in [0.2, 0.25) is 5.02 Å². The van der Waals surface area contributed by atoms with Crippen molar-refractivity contribution in [2.24, 2.45) is 0 Å². The van der Waals surface area contributed by atoms with E-state index in [1.54, 1.807) is 6.08 Å². The Bertz CT molecular complexity index is 470. The number of hydrogen-bond donors (Lipinski definition) is 0. The first-order valence-corrected chi connectivity index (χ1v) is 7.32. The number of piperidine rings is 1. The Kier molecular flexibility index (Phi) is 5.03. The number of amides is 1. The molecule has 3 heteroatoms. The van der Waals surface area contributed by atoms with Crippen molar-refractivity contribution in [2.45, 2.75) is 38.6 Å². The van der Waals surface area contributed by atoms with E-state index in [-0.39, 0.29) is 5.91 Å². The summed E-state index contributed by atoms with van der Waals surface area (Å²) < 4.78 is 0. The molecule has 0 saturated carbocycles. The van der Waals surface area contributed by atoms with Crippen molar-refractivity contribution >= 4 is 23.6 Å². The van der Waals surface area contributed by atoms with Gasteiger partial charge in [0.2, 0.25) is 5.91 Å². The summed E-state index contributed by atoms with van der Waals surface area (Å²) in [6, 6.07) is 7.94. The van der Waals surface area contributed by atoms with Gasteiger partial charge in [0.15, 0.2) is 0 Å². The van der Waals surface area contributed by atoms with Crippen LogP contribution in [0.3, 0.4) is 0 Å². The zero-order valence-corrected chi connectivity index (χ0v) is 12.1. The molecule has 2 rings (SSSR count). The SMILES string of the molecule is CCC1CCCCN1C(=O)/C=C/c1cccc(Cl)c1. The van der Waals surface area contributed by atoms with Crippen LogP contribution in [-0.4, -0.2) is 23.4 Å². The highest BCUT2D eigenvalue weighted by Gasteiger charge is 2.23. The molecule has 1 saturated heterocycles. The van der Waals surface area contributed by atoms with Crippen LogP contribution in [-0.2, 0) is 4.79 Å². The van der Waals surface area contributed by atoms with Crippen molar-refractivity contribution in [3.05, 3.63) is 40.9 Å². The average Bonchev–Trinajstić information content (AvgIpc) is 2.45. The van der Waals surface area contributed by atoms with Gasteiger partial charge in [-0.05, 0) is 49.5 Å². The molecule has 0 spiro atoms. The summed E-state index contributed by atoms with van der Waals surface area (Å²) in [5.41, 5.74) is 0.964. The standard InChI is InChI=1S/C16H20ClNO/c1-2-15-8-3-4-11-18(15)16(19)10-9-13-6-5-7-14(17)12-13/h5-7,9-10,12,15H,2-4,8,11H2,1H3/b10-9+. The Hall–Kier alpha value is -1.28. The minimum Gasteiger partial charge on any atom is -0.336 e. The number of hydrogen-bond acceptors (Lipinski definition) is 1. The molecule has 0 radical (unpaired) electrons. The van der Waals surface area contributed by atoms with Gasteiger partial charge < -0.3 is 4.90 Å². The third kappa shape index (κ3) is 3.84. The second kappa shape index (κ2) is 6.76. The van der Waals surface area contributed by atoms with Crippen LogP contribution in [0, 0.1) is 0 Å². The number of nitrogens with zero attached hydrogens (tertiary/aromatic N) is 1. The zero-order valence-electron chi connectivity index (χ0n) is 11.3. The number of rotatable bonds is 3. The highest BCUT2D eigenvalue weighted by Crippen LogP contribution is 2.20. The van der Waals surface area contributed by atoms with Crippen LogP contribution in [0.5, 0.6) is 0 Å². The molecule has 1 unspecified atom stereocenters. The molecule has 1 heterocycles. The lowest BCUT2D eigenvalue weighted by Crippen LogP contribution is -2.42. The van der Waals surface area contributed by atoms with Crippen LogP contribution >= 0.6 is 11.6 Å². The summed E-state index contributed by atoms with van der Waals surface area (Å²) in [5, 5.41) is 0.694. The van der Waals surface area contributed by atoms with Crippen molar-refractivity contribution < 1.29 is 4.79 Å². The molecule has 0 N–H and O–H groups in total. The summed E-state index contributed by atoms with van der Waals surface area (Å²) in [6.45, 7) is 3.04. The molecule has 1 aliphatic rings. The van der Waals surface area contributed by atoms with E-state index in [1.807, 2.05) is 35.2 Å². The van der Waals surface area contributed by atoms with E-state index >= 15 is 0 Å². The van der Waals surface area contributed by atoms with Crippen LogP contribution in [0.4, 0.5) is 0 Å². The van der Waals surface area contributed by atoms with Gasteiger partial charge >= 0.3 is 0 Å². The number of halogens is 1. The smallest absolute Gasteiger partial charge is 0.246 e. The predicted molar refractivity (Wildman–Crippen MR) is 80.1 cm³/mol. The topological polar surface area (TPSA) is 20.3 Å². The van der Waals surface area contributed by atoms with E-state index in [0.717, 1.165) is 31.4 Å². The molecule has 102 valence electrons.